The third-order valence-corrected chi connectivity index (χ3v) is 2.97. The molecule has 1 saturated heterocycles. The molecule has 2 atom stereocenters. The molecule has 2 rings (SSSR count). The lowest BCUT2D eigenvalue weighted by Crippen LogP contribution is -2.30. The van der Waals surface area contributed by atoms with Gasteiger partial charge in [0.1, 0.15) is 6.61 Å². The number of aliphatic hydroxyl groups is 1. The third kappa shape index (κ3) is 2.82. The highest BCUT2D eigenvalue weighted by atomic mass is 16.6. The summed E-state index contributed by atoms with van der Waals surface area (Å²) in [6, 6.07) is 9.45. The number of terminal acetylenes is 1. The van der Waals surface area contributed by atoms with Crippen LogP contribution in [0.2, 0.25) is 0 Å². The number of aliphatic hydroxyl groups excluding tert-OH is 1. The van der Waals surface area contributed by atoms with Crippen molar-refractivity contribution >= 4 is 6.09 Å². The zero-order valence-electron chi connectivity index (χ0n) is 9.95. The van der Waals surface area contributed by atoms with Crippen molar-refractivity contribution in [3.05, 3.63) is 35.9 Å². The molecule has 1 aromatic rings. The van der Waals surface area contributed by atoms with Crippen molar-refractivity contribution < 1.29 is 14.6 Å². The van der Waals surface area contributed by atoms with Gasteiger partial charge in [-0.15, -0.1) is 6.42 Å². The van der Waals surface area contributed by atoms with Crippen LogP contribution in [0.5, 0.6) is 0 Å². The highest BCUT2D eigenvalue weighted by Gasteiger charge is 2.33. The Morgan fingerprint density at radius 3 is 2.78 bits per heavy atom. The molecule has 1 N–H and O–H groups in total. The number of hydrogen-bond donors (Lipinski definition) is 1. The molecule has 94 valence electrons. The van der Waals surface area contributed by atoms with Crippen LogP contribution >= 0.6 is 0 Å². The maximum atomic E-state index is 11.7. The predicted octanol–water partition coefficient (Wildman–Crippen LogP) is 1.25. The zero-order valence-corrected chi connectivity index (χ0v) is 9.95. The summed E-state index contributed by atoms with van der Waals surface area (Å²) in [5.74, 6) is 2.18. The van der Waals surface area contributed by atoms with Gasteiger partial charge < -0.3 is 14.7 Å². The topological polar surface area (TPSA) is 49.8 Å². The minimum atomic E-state index is -0.653. The van der Waals surface area contributed by atoms with Gasteiger partial charge in [0.05, 0.1) is 18.6 Å². The van der Waals surface area contributed by atoms with Crippen LogP contribution in [0.4, 0.5) is 4.79 Å². The minimum absolute atomic E-state index is 0.229. The minimum Gasteiger partial charge on any atom is -0.445 e. The first-order valence-electron chi connectivity index (χ1n) is 5.80. The van der Waals surface area contributed by atoms with Gasteiger partial charge in [-0.3, -0.25) is 0 Å². The largest absolute Gasteiger partial charge is 0.445 e. The average molecular weight is 245 g/mol. The lowest BCUT2D eigenvalue weighted by Gasteiger charge is -2.15. The van der Waals surface area contributed by atoms with Crippen LogP contribution < -0.4 is 0 Å². The first kappa shape index (κ1) is 12.5. The van der Waals surface area contributed by atoms with Crippen molar-refractivity contribution in [3.8, 4) is 12.3 Å². The van der Waals surface area contributed by atoms with Crippen LogP contribution in [0.15, 0.2) is 30.3 Å². The molecule has 0 aliphatic carbocycles. The quantitative estimate of drug-likeness (QED) is 0.798. The summed E-state index contributed by atoms with van der Waals surface area (Å²) in [6.07, 6.45) is 4.17. The smallest absolute Gasteiger partial charge is 0.410 e. The highest BCUT2D eigenvalue weighted by Crippen LogP contribution is 2.17. The van der Waals surface area contributed by atoms with Crippen molar-refractivity contribution in [3.63, 3.8) is 0 Å². The van der Waals surface area contributed by atoms with Crippen molar-refractivity contribution in [2.75, 3.05) is 13.1 Å². The predicted molar refractivity (Wildman–Crippen MR) is 66.5 cm³/mol. The Labute approximate surface area is 106 Å². The van der Waals surface area contributed by atoms with Crippen molar-refractivity contribution in [1.29, 1.82) is 0 Å². The Balaban J connectivity index is 1.85. The maximum absolute atomic E-state index is 11.7. The molecule has 1 aliphatic rings. The van der Waals surface area contributed by atoms with E-state index in [-0.39, 0.29) is 19.1 Å². The molecule has 18 heavy (non-hydrogen) atoms. The first-order chi connectivity index (χ1) is 8.70. The van der Waals surface area contributed by atoms with Gasteiger partial charge in [-0.2, -0.15) is 0 Å². The monoisotopic (exact) mass is 245 g/mol. The number of β-amino-alcohol motifs (C(OH)–C–C–N with tert-alkyl or cyclic N) is 1. The molecule has 0 unspecified atom stereocenters. The number of hydrogen-bond acceptors (Lipinski definition) is 3. The van der Waals surface area contributed by atoms with Gasteiger partial charge in [0.25, 0.3) is 0 Å². The number of rotatable bonds is 2. The molecule has 0 saturated carbocycles. The molecular weight excluding hydrogens is 230 g/mol. The summed E-state index contributed by atoms with van der Waals surface area (Å²) in [7, 11) is 0. The summed E-state index contributed by atoms with van der Waals surface area (Å²) < 4.78 is 5.16. The summed E-state index contributed by atoms with van der Waals surface area (Å²) >= 11 is 0. The Kier molecular flexibility index (Phi) is 3.85. The molecule has 1 heterocycles. The van der Waals surface area contributed by atoms with E-state index in [0.717, 1.165) is 5.56 Å². The van der Waals surface area contributed by atoms with Gasteiger partial charge in [-0.05, 0) is 5.56 Å². The lowest BCUT2D eigenvalue weighted by molar-refractivity contribution is 0.0970. The zero-order chi connectivity index (χ0) is 13.0. The molecule has 4 nitrogen and oxygen atoms in total. The third-order valence-electron chi connectivity index (χ3n) is 2.97. The second kappa shape index (κ2) is 5.56. The number of benzene rings is 1. The van der Waals surface area contributed by atoms with Gasteiger partial charge in [0.15, 0.2) is 0 Å². The van der Waals surface area contributed by atoms with Gasteiger partial charge in [-0.1, -0.05) is 36.3 Å². The molecule has 0 spiro atoms. The van der Waals surface area contributed by atoms with E-state index in [2.05, 4.69) is 5.92 Å². The van der Waals surface area contributed by atoms with Crippen molar-refractivity contribution in [1.82, 2.24) is 4.90 Å². The standard InChI is InChI=1S/C14H15NO3/c1-2-12-8-15(9-13(12)16)14(17)18-10-11-6-4-3-5-7-11/h1,3-7,12-13,16H,8-10H2/t12-,13-/m1/s1. The fourth-order valence-electron chi connectivity index (χ4n) is 1.91. The summed E-state index contributed by atoms with van der Waals surface area (Å²) in [6.45, 7) is 0.820. The molecule has 1 aromatic carbocycles. The van der Waals surface area contributed by atoms with Crippen LogP contribution in [0, 0.1) is 18.3 Å². The Morgan fingerprint density at radius 2 is 2.17 bits per heavy atom. The fourth-order valence-corrected chi connectivity index (χ4v) is 1.91. The SMILES string of the molecule is C#C[C@@H]1CN(C(=O)OCc2ccccc2)C[C@H]1O. The van der Waals surface area contributed by atoms with Crippen LogP contribution in [0.1, 0.15) is 5.56 Å². The van der Waals surface area contributed by atoms with E-state index >= 15 is 0 Å². The van der Waals surface area contributed by atoms with Gasteiger partial charge >= 0.3 is 6.09 Å². The van der Waals surface area contributed by atoms with E-state index in [1.807, 2.05) is 30.3 Å². The van der Waals surface area contributed by atoms with E-state index < -0.39 is 12.2 Å². The average Bonchev–Trinajstić information content (AvgIpc) is 2.78. The lowest BCUT2D eigenvalue weighted by atomic mass is 10.1. The van der Waals surface area contributed by atoms with E-state index in [1.54, 1.807) is 0 Å². The molecule has 0 radical (unpaired) electrons. The molecular formula is C14H15NO3. The van der Waals surface area contributed by atoms with Crippen LogP contribution in [-0.2, 0) is 11.3 Å². The van der Waals surface area contributed by atoms with Gasteiger partial charge in [-0.25, -0.2) is 4.79 Å². The number of carbonyl (C=O) groups excluding carboxylic acids is 1. The molecule has 0 bridgehead atoms. The van der Waals surface area contributed by atoms with E-state index in [0.29, 0.717) is 6.54 Å². The van der Waals surface area contributed by atoms with Crippen molar-refractivity contribution in [2.45, 2.75) is 12.7 Å². The fraction of sp³-hybridized carbons (Fsp3) is 0.357. The maximum Gasteiger partial charge on any atom is 0.410 e. The van der Waals surface area contributed by atoms with Crippen LogP contribution in [0.3, 0.4) is 0 Å². The molecule has 1 aliphatic heterocycles. The number of ether oxygens (including phenoxy) is 1. The Bertz CT molecular complexity index is 452. The van der Waals surface area contributed by atoms with E-state index in [1.165, 1.54) is 4.90 Å². The molecule has 0 aromatic heterocycles. The Morgan fingerprint density at radius 1 is 1.44 bits per heavy atom. The van der Waals surface area contributed by atoms with Crippen molar-refractivity contribution in [2.24, 2.45) is 5.92 Å². The summed E-state index contributed by atoms with van der Waals surface area (Å²) in [4.78, 5) is 13.2. The second-order valence-corrected chi connectivity index (χ2v) is 4.29. The number of nitrogens with zero attached hydrogens (tertiary/aromatic N) is 1. The van der Waals surface area contributed by atoms with E-state index in [4.69, 9.17) is 11.2 Å². The van der Waals surface area contributed by atoms with Crippen LogP contribution in [-0.4, -0.2) is 35.3 Å². The van der Waals surface area contributed by atoms with Gasteiger partial charge in [0, 0.05) is 6.54 Å². The number of amides is 1. The summed E-state index contributed by atoms with van der Waals surface area (Å²) in [5, 5.41) is 9.60. The number of likely N-dealkylation sites (tertiary alicyclic amines) is 1. The Hall–Kier alpha value is -1.99. The molecule has 1 amide bonds. The van der Waals surface area contributed by atoms with Gasteiger partial charge in [0.2, 0.25) is 0 Å². The normalized spacial score (nSPS) is 22.6. The first-order valence-corrected chi connectivity index (χ1v) is 5.80. The highest BCUT2D eigenvalue weighted by molar-refractivity contribution is 5.68. The molecule has 4 heteroatoms. The number of carbonyl (C=O) groups is 1. The van der Waals surface area contributed by atoms with E-state index in [9.17, 15) is 9.90 Å². The second-order valence-electron chi connectivity index (χ2n) is 4.29. The van der Waals surface area contributed by atoms with Crippen LogP contribution in [0.25, 0.3) is 0 Å². The summed E-state index contributed by atoms with van der Waals surface area (Å²) in [5.41, 5.74) is 0.930. The molecule has 1 fully saturated rings.